The van der Waals surface area contributed by atoms with Gasteiger partial charge in [-0.2, -0.15) is 0 Å². The van der Waals surface area contributed by atoms with E-state index in [4.69, 9.17) is 4.74 Å². The van der Waals surface area contributed by atoms with Crippen molar-refractivity contribution in [2.75, 3.05) is 6.61 Å². The lowest BCUT2D eigenvalue weighted by Gasteiger charge is -2.08. The van der Waals surface area contributed by atoms with Gasteiger partial charge < -0.3 is 15.0 Å². The van der Waals surface area contributed by atoms with Crippen molar-refractivity contribution >= 4 is 0 Å². The van der Waals surface area contributed by atoms with E-state index in [2.05, 4.69) is 21.4 Å². The van der Waals surface area contributed by atoms with Gasteiger partial charge in [-0.15, -0.1) is 0 Å². The number of imidazole rings is 1. The van der Waals surface area contributed by atoms with Crippen LogP contribution >= 0.6 is 0 Å². The van der Waals surface area contributed by atoms with Crippen LogP contribution in [0.15, 0.2) is 30.5 Å². The molecule has 2 aromatic rings. The average molecular weight is 257 g/mol. The topological polar surface area (TPSA) is 49.9 Å². The molecule has 1 aliphatic carbocycles. The van der Waals surface area contributed by atoms with E-state index in [1.54, 1.807) is 0 Å². The van der Waals surface area contributed by atoms with E-state index in [0.29, 0.717) is 12.6 Å². The van der Waals surface area contributed by atoms with Crippen LogP contribution in [0.1, 0.15) is 25.6 Å². The summed E-state index contributed by atoms with van der Waals surface area (Å²) in [6, 6.07) is 8.74. The SMILES string of the molecule is CCOc1ccccc1-c1cnc(CNC2CC2)[nH]1. The van der Waals surface area contributed by atoms with Crippen LogP contribution in [0, 0.1) is 0 Å². The third-order valence-electron chi connectivity index (χ3n) is 3.24. The first-order valence-electron chi connectivity index (χ1n) is 6.86. The van der Waals surface area contributed by atoms with Crippen molar-refractivity contribution in [1.29, 1.82) is 0 Å². The number of ether oxygens (including phenoxy) is 1. The third kappa shape index (κ3) is 2.96. The van der Waals surface area contributed by atoms with E-state index in [1.807, 2.05) is 31.3 Å². The van der Waals surface area contributed by atoms with Gasteiger partial charge in [-0.25, -0.2) is 4.98 Å². The smallest absolute Gasteiger partial charge is 0.128 e. The molecule has 0 amide bonds. The highest BCUT2D eigenvalue weighted by atomic mass is 16.5. The van der Waals surface area contributed by atoms with Crippen LogP contribution in [0.5, 0.6) is 5.75 Å². The molecule has 0 radical (unpaired) electrons. The summed E-state index contributed by atoms with van der Waals surface area (Å²) in [7, 11) is 0. The highest BCUT2D eigenvalue weighted by Crippen LogP contribution is 2.28. The van der Waals surface area contributed by atoms with Crippen molar-refractivity contribution in [3.05, 3.63) is 36.3 Å². The molecule has 0 spiro atoms. The summed E-state index contributed by atoms with van der Waals surface area (Å²) in [5, 5.41) is 3.45. The van der Waals surface area contributed by atoms with Gasteiger partial charge in [0.1, 0.15) is 11.6 Å². The first-order chi connectivity index (χ1) is 9.36. The molecule has 4 nitrogen and oxygen atoms in total. The molecular weight excluding hydrogens is 238 g/mol. The minimum atomic E-state index is 0.668. The number of benzene rings is 1. The zero-order valence-electron chi connectivity index (χ0n) is 11.1. The van der Waals surface area contributed by atoms with Crippen LogP contribution in [0.2, 0.25) is 0 Å². The lowest BCUT2D eigenvalue weighted by Crippen LogP contribution is -2.16. The second kappa shape index (κ2) is 5.45. The summed E-state index contributed by atoms with van der Waals surface area (Å²) < 4.78 is 5.65. The fraction of sp³-hybridized carbons (Fsp3) is 0.400. The Morgan fingerprint density at radius 2 is 2.21 bits per heavy atom. The van der Waals surface area contributed by atoms with Crippen molar-refractivity contribution in [2.24, 2.45) is 0 Å². The van der Waals surface area contributed by atoms with Gasteiger partial charge in [0.15, 0.2) is 0 Å². The summed E-state index contributed by atoms with van der Waals surface area (Å²) in [4.78, 5) is 7.78. The van der Waals surface area contributed by atoms with Gasteiger partial charge in [-0.3, -0.25) is 0 Å². The lowest BCUT2D eigenvalue weighted by molar-refractivity contribution is 0.341. The zero-order chi connectivity index (χ0) is 13.1. The van der Waals surface area contributed by atoms with Gasteiger partial charge in [0.05, 0.1) is 25.0 Å². The van der Waals surface area contributed by atoms with Gasteiger partial charge in [0, 0.05) is 11.6 Å². The summed E-state index contributed by atoms with van der Waals surface area (Å²) in [5.74, 6) is 1.88. The Balaban J connectivity index is 1.77. The Labute approximate surface area is 113 Å². The van der Waals surface area contributed by atoms with E-state index in [9.17, 15) is 0 Å². The van der Waals surface area contributed by atoms with Crippen LogP contribution in [-0.4, -0.2) is 22.6 Å². The molecule has 0 unspecified atom stereocenters. The predicted molar refractivity (Wildman–Crippen MR) is 75.1 cm³/mol. The van der Waals surface area contributed by atoms with Gasteiger partial charge >= 0.3 is 0 Å². The van der Waals surface area contributed by atoms with Crippen LogP contribution in [0.3, 0.4) is 0 Å². The van der Waals surface area contributed by atoms with Crippen LogP contribution in [-0.2, 0) is 6.54 Å². The summed E-state index contributed by atoms with van der Waals surface area (Å²) >= 11 is 0. The number of aromatic amines is 1. The minimum absolute atomic E-state index is 0.668. The predicted octanol–water partition coefficient (Wildman–Crippen LogP) is 2.73. The largest absolute Gasteiger partial charge is 0.493 e. The normalized spacial score (nSPS) is 14.6. The van der Waals surface area contributed by atoms with Crippen LogP contribution in [0.25, 0.3) is 11.3 Å². The molecule has 1 aromatic heterocycles. The molecule has 1 aromatic carbocycles. The molecule has 2 N–H and O–H groups in total. The maximum absolute atomic E-state index is 5.65. The molecule has 1 heterocycles. The number of hydrogen-bond donors (Lipinski definition) is 2. The molecule has 0 bridgehead atoms. The molecule has 0 aliphatic heterocycles. The molecule has 4 heteroatoms. The summed E-state index contributed by atoms with van der Waals surface area (Å²) in [6.45, 7) is 3.47. The molecule has 1 fully saturated rings. The maximum Gasteiger partial charge on any atom is 0.128 e. The molecular formula is C15H19N3O. The molecule has 1 aliphatic rings. The van der Waals surface area contributed by atoms with Crippen LogP contribution in [0.4, 0.5) is 0 Å². The molecule has 100 valence electrons. The molecule has 1 saturated carbocycles. The Kier molecular flexibility index (Phi) is 3.51. The summed E-state index contributed by atoms with van der Waals surface area (Å²) in [6.07, 6.45) is 4.46. The summed E-state index contributed by atoms with van der Waals surface area (Å²) in [5.41, 5.74) is 2.08. The zero-order valence-corrected chi connectivity index (χ0v) is 11.1. The van der Waals surface area contributed by atoms with E-state index < -0.39 is 0 Å². The Hall–Kier alpha value is -1.81. The number of para-hydroxylation sites is 1. The average Bonchev–Trinajstić information content (AvgIpc) is 3.15. The van der Waals surface area contributed by atoms with Gasteiger partial charge in [-0.1, -0.05) is 12.1 Å². The minimum Gasteiger partial charge on any atom is -0.493 e. The molecule has 0 saturated heterocycles. The number of hydrogen-bond acceptors (Lipinski definition) is 3. The van der Waals surface area contributed by atoms with Crippen molar-refractivity contribution in [1.82, 2.24) is 15.3 Å². The standard InChI is InChI=1S/C15H19N3O/c1-2-19-14-6-4-3-5-12(14)13-9-17-15(18-13)10-16-11-7-8-11/h3-6,9,11,16H,2,7-8,10H2,1H3,(H,17,18). The number of H-pyrrole nitrogens is 1. The van der Waals surface area contributed by atoms with Crippen molar-refractivity contribution in [2.45, 2.75) is 32.4 Å². The second-order valence-corrected chi connectivity index (χ2v) is 4.83. The van der Waals surface area contributed by atoms with Crippen molar-refractivity contribution < 1.29 is 4.74 Å². The van der Waals surface area contributed by atoms with Gasteiger partial charge in [-0.05, 0) is 31.9 Å². The highest BCUT2D eigenvalue weighted by Gasteiger charge is 2.20. The number of aromatic nitrogens is 2. The van der Waals surface area contributed by atoms with E-state index in [-0.39, 0.29) is 0 Å². The first kappa shape index (κ1) is 12.2. The fourth-order valence-electron chi connectivity index (χ4n) is 2.09. The third-order valence-corrected chi connectivity index (χ3v) is 3.24. The van der Waals surface area contributed by atoms with Gasteiger partial charge in [0.2, 0.25) is 0 Å². The first-order valence-corrected chi connectivity index (χ1v) is 6.86. The fourth-order valence-corrected chi connectivity index (χ4v) is 2.09. The lowest BCUT2D eigenvalue weighted by atomic mass is 10.1. The van der Waals surface area contributed by atoms with E-state index in [0.717, 1.165) is 29.4 Å². The van der Waals surface area contributed by atoms with Crippen molar-refractivity contribution in [3.63, 3.8) is 0 Å². The Bertz CT molecular complexity index is 546. The van der Waals surface area contributed by atoms with Gasteiger partial charge in [0.25, 0.3) is 0 Å². The molecule has 19 heavy (non-hydrogen) atoms. The van der Waals surface area contributed by atoms with E-state index in [1.165, 1.54) is 12.8 Å². The maximum atomic E-state index is 5.65. The Morgan fingerprint density at radius 1 is 1.37 bits per heavy atom. The number of rotatable bonds is 6. The van der Waals surface area contributed by atoms with Crippen LogP contribution < -0.4 is 10.1 Å². The quantitative estimate of drug-likeness (QED) is 0.836. The number of nitrogens with zero attached hydrogens (tertiary/aromatic N) is 1. The highest BCUT2D eigenvalue weighted by molar-refractivity contribution is 5.66. The monoisotopic (exact) mass is 257 g/mol. The van der Waals surface area contributed by atoms with E-state index >= 15 is 0 Å². The van der Waals surface area contributed by atoms with Crippen molar-refractivity contribution in [3.8, 4) is 17.0 Å². The second-order valence-electron chi connectivity index (χ2n) is 4.83. The molecule has 0 atom stereocenters. The number of nitrogens with one attached hydrogen (secondary N) is 2. The Morgan fingerprint density at radius 3 is 3.00 bits per heavy atom. The molecule has 3 rings (SSSR count).